The van der Waals surface area contributed by atoms with E-state index in [0.29, 0.717) is 28.7 Å². The molecule has 204 valence electrons. The summed E-state index contributed by atoms with van der Waals surface area (Å²) < 4.78 is 5.35. The predicted molar refractivity (Wildman–Crippen MR) is 155 cm³/mol. The number of aromatic nitrogens is 6. The van der Waals surface area contributed by atoms with Gasteiger partial charge in [-0.1, -0.05) is 23.7 Å². The number of nitrogens with zero attached hydrogens (tertiary/aromatic N) is 6. The molecular weight excluding hydrogens is 526 g/mol. The van der Waals surface area contributed by atoms with Crippen LogP contribution in [0.2, 0.25) is 5.02 Å². The molecule has 0 aliphatic heterocycles. The summed E-state index contributed by atoms with van der Waals surface area (Å²) in [5.41, 5.74) is 5.11. The highest BCUT2D eigenvalue weighted by Gasteiger charge is 2.26. The quantitative estimate of drug-likeness (QED) is 0.320. The molecule has 4 heterocycles. The van der Waals surface area contributed by atoms with Crippen molar-refractivity contribution in [2.75, 3.05) is 0 Å². The summed E-state index contributed by atoms with van der Waals surface area (Å²) in [5, 5.41) is 8.01. The first-order valence-corrected chi connectivity index (χ1v) is 13.8. The van der Waals surface area contributed by atoms with Gasteiger partial charge in [0.05, 0.1) is 44.9 Å². The Balaban J connectivity index is 1.18. The monoisotopic (exact) mass is 555 g/mol. The van der Waals surface area contributed by atoms with Crippen LogP contribution < -0.4 is 11.0 Å². The molecule has 1 aliphatic carbocycles. The van der Waals surface area contributed by atoms with Crippen LogP contribution in [0, 0.1) is 12.8 Å². The minimum absolute atomic E-state index is 0.0760. The molecule has 6 rings (SSSR count). The summed E-state index contributed by atoms with van der Waals surface area (Å²) >= 11 is 6.05. The van der Waals surface area contributed by atoms with Gasteiger partial charge in [0.15, 0.2) is 0 Å². The number of para-hydroxylation sites is 2. The molecule has 4 aromatic heterocycles. The number of pyridine rings is 2. The minimum Gasteiger partial charge on any atom is -0.349 e. The van der Waals surface area contributed by atoms with E-state index in [9.17, 15) is 9.59 Å². The van der Waals surface area contributed by atoms with Gasteiger partial charge in [-0.3, -0.25) is 28.6 Å². The number of halogens is 1. The second kappa shape index (κ2) is 10.7. The molecule has 1 aromatic carbocycles. The van der Waals surface area contributed by atoms with E-state index >= 15 is 0 Å². The Hall–Kier alpha value is -4.24. The molecule has 1 amide bonds. The van der Waals surface area contributed by atoms with Crippen molar-refractivity contribution in [1.82, 2.24) is 34.2 Å². The number of benzene rings is 1. The first-order chi connectivity index (χ1) is 19.4. The van der Waals surface area contributed by atoms with E-state index in [1.807, 2.05) is 60.3 Å². The molecule has 10 heteroatoms. The van der Waals surface area contributed by atoms with Crippen molar-refractivity contribution in [2.24, 2.45) is 13.0 Å². The molecule has 0 spiro atoms. The summed E-state index contributed by atoms with van der Waals surface area (Å²) in [6, 6.07) is 15.4. The zero-order chi connectivity index (χ0) is 27.8. The van der Waals surface area contributed by atoms with Crippen LogP contribution >= 0.6 is 11.6 Å². The van der Waals surface area contributed by atoms with Crippen LogP contribution in [-0.2, 0) is 13.6 Å². The minimum atomic E-state index is -0.141. The zero-order valence-electron chi connectivity index (χ0n) is 22.4. The average molecular weight is 556 g/mol. The van der Waals surface area contributed by atoms with Crippen molar-refractivity contribution < 1.29 is 4.79 Å². The highest BCUT2D eigenvalue weighted by atomic mass is 35.5. The third-order valence-electron chi connectivity index (χ3n) is 7.74. The van der Waals surface area contributed by atoms with Gasteiger partial charge < -0.3 is 5.32 Å². The van der Waals surface area contributed by atoms with E-state index in [1.165, 1.54) is 0 Å². The molecule has 40 heavy (non-hydrogen) atoms. The third-order valence-corrected chi connectivity index (χ3v) is 7.95. The number of rotatable bonds is 6. The fourth-order valence-corrected chi connectivity index (χ4v) is 5.76. The summed E-state index contributed by atoms with van der Waals surface area (Å²) in [6.45, 7) is 2.44. The van der Waals surface area contributed by atoms with Crippen LogP contribution in [0.5, 0.6) is 0 Å². The molecule has 0 atom stereocenters. The first-order valence-electron chi connectivity index (χ1n) is 13.5. The lowest BCUT2D eigenvalue weighted by molar-refractivity contribution is 0.0919. The summed E-state index contributed by atoms with van der Waals surface area (Å²) in [6.07, 6.45) is 8.71. The second-order valence-corrected chi connectivity index (χ2v) is 10.9. The van der Waals surface area contributed by atoms with Crippen molar-refractivity contribution in [3.63, 3.8) is 0 Å². The van der Waals surface area contributed by atoms with Gasteiger partial charge in [0.2, 0.25) is 0 Å². The van der Waals surface area contributed by atoms with Crippen molar-refractivity contribution >= 4 is 28.5 Å². The van der Waals surface area contributed by atoms with Gasteiger partial charge in [0.25, 0.3) is 5.91 Å². The molecule has 9 nitrogen and oxygen atoms in total. The topological polar surface area (TPSA) is 99.6 Å². The van der Waals surface area contributed by atoms with Crippen molar-refractivity contribution in [2.45, 2.75) is 45.2 Å². The number of fused-ring (bicyclic) bond motifs is 1. The Morgan fingerprint density at radius 1 is 1.00 bits per heavy atom. The molecule has 1 fully saturated rings. The molecule has 0 saturated heterocycles. The zero-order valence-corrected chi connectivity index (χ0v) is 23.2. The van der Waals surface area contributed by atoms with Crippen LogP contribution in [0.1, 0.15) is 41.7 Å². The number of hydrogen-bond donors (Lipinski definition) is 1. The van der Waals surface area contributed by atoms with Crippen molar-refractivity contribution in [3.05, 3.63) is 93.9 Å². The molecular formula is C30H30ClN7O2. The Labute approximate surface area is 236 Å². The van der Waals surface area contributed by atoms with Gasteiger partial charge in [-0.25, -0.2) is 4.79 Å². The SMILES string of the molecule is Cc1ncc(Cl)cc1C(=O)NC1CCC(Cn2c(=O)n(-c3ccc(-c4ccn(C)n4)nc3)c3ccccc32)CC1. The maximum atomic E-state index is 13.8. The van der Waals surface area contributed by atoms with Crippen LogP contribution in [0.25, 0.3) is 28.1 Å². The van der Waals surface area contributed by atoms with E-state index in [1.54, 1.807) is 34.6 Å². The van der Waals surface area contributed by atoms with E-state index < -0.39 is 0 Å². The standard InChI is InChI=1S/C30H30ClN7O2/c1-19-24(15-21(31)16-32-19)29(39)34-22-9-7-20(8-10-22)18-37-27-5-3-4-6-28(27)38(30(37)40)23-11-12-25(33-17-23)26-13-14-36(2)35-26/h3-6,11-17,20,22H,7-10,18H2,1-2H3,(H,34,39). The number of amides is 1. The van der Waals surface area contributed by atoms with Crippen LogP contribution in [0.4, 0.5) is 0 Å². The maximum absolute atomic E-state index is 13.8. The van der Waals surface area contributed by atoms with Gasteiger partial charge in [-0.05, 0) is 74.9 Å². The van der Waals surface area contributed by atoms with E-state index in [0.717, 1.165) is 53.8 Å². The van der Waals surface area contributed by atoms with Crippen molar-refractivity contribution in [1.29, 1.82) is 0 Å². The Kier molecular flexibility index (Phi) is 6.98. The smallest absolute Gasteiger partial charge is 0.333 e. The molecule has 0 unspecified atom stereocenters. The third kappa shape index (κ3) is 5.04. The van der Waals surface area contributed by atoms with Gasteiger partial charge in [-0.2, -0.15) is 5.10 Å². The Bertz CT molecular complexity index is 1740. The predicted octanol–water partition coefficient (Wildman–Crippen LogP) is 4.93. The van der Waals surface area contributed by atoms with Gasteiger partial charge in [-0.15, -0.1) is 0 Å². The largest absolute Gasteiger partial charge is 0.349 e. The second-order valence-electron chi connectivity index (χ2n) is 10.5. The number of aryl methyl sites for hydroxylation is 2. The van der Waals surface area contributed by atoms with E-state index in [2.05, 4.69) is 20.4 Å². The lowest BCUT2D eigenvalue weighted by atomic mass is 9.85. The fraction of sp³-hybridized carbons (Fsp3) is 0.300. The molecule has 1 aliphatic rings. The summed E-state index contributed by atoms with van der Waals surface area (Å²) in [7, 11) is 1.87. The average Bonchev–Trinajstić information content (AvgIpc) is 3.52. The van der Waals surface area contributed by atoms with Crippen molar-refractivity contribution in [3.8, 4) is 17.1 Å². The van der Waals surface area contributed by atoms with Crippen LogP contribution in [0.3, 0.4) is 0 Å². The number of nitrogens with one attached hydrogen (secondary N) is 1. The Morgan fingerprint density at radius 2 is 1.77 bits per heavy atom. The normalized spacial score (nSPS) is 17.3. The summed E-state index contributed by atoms with van der Waals surface area (Å²) in [5.74, 6) is 0.197. The van der Waals surface area contributed by atoms with Gasteiger partial charge in [0, 0.05) is 32.0 Å². The van der Waals surface area contributed by atoms with E-state index in [-0.39, 0.29) is 17.6 Å². The van der Waals surface area contributed by atoms with E-state index in [4.69, 9.17) is 11.6 Å². The molecule has 1 saturated carbocycles. The molecule has 0 radical (unpaired) electrons. The number of carbonyl (C=O) groups excluding carboxylic acids is 1. The molecule has 0 bridgehead atoms. The summed E-state index contributed by atoms with van der Waals surface area (Å²) in [4.78, 5) is 35.4. The highest BCUT2D eigenvalue weighted by molar-refractivity contribution is 6.30. The van der Waals surface area contributed by atoms with Gasteiger partial charge in [0.1, 0.15) is 5.69 Å². The van der Waals surface area contributed by atoms with Crippen LogP contribution in [0.15, 0.2) is 71.9 Å². The van der Waals surface area contributed by atoms with Crippen LogP contribution in [-0.4, -0.2) is 40.8 Å². The Morgan fingerprint density at radius 3 is 2.48 bits per heavy atom. The highest BCUT2D eigenvalue weighted by Crippen LogP contribution is 2.28. The fourth-order valence-electron chi connectivity index (χ4n) is 5.60. The number of imidazole rings is 1. The lowest BCUT2D eigenvalue weighted by Gasteiger charge is -2.29. The van der Waals surface area contributed by atoms with Gasteiger partial charge >= 0.3 is 5.69 Å². The number of hydrogen-bond acceptors (Lipinski definition) is 5. The molecule has 1 N–H and O–H groups in total. The number of carbonyl (C=O) groups is 1. The molecule has 5 aromatic rings. The first kappa shape index (κ1) is 26.0. The lowest BCUT2D eigenvalue weighted by Crippen LogP contribution is -2.39. The maximum Gasteiger partial charge on any atom is 0.333 e.